The van der Waals surface area contributed by atoms with Crippen molar-refractivity contribution in [3.63, 3.8) is 0 Å². The summed E-state index contributed by atoms with van der Waals surface area (Å²) in [7, 11) is -2.55. The molecule has 0 fully saturated rings. The Hall–Kier alpha value is -3.65. The van der Waals surface area contributed by atoms with Crippen molar-refractivity contribution in [2.45, 2.75) is 64.4 Å². The fourth-order valence-corrected chi connectivity index (χ4v) is 5.78. The molecule has 0 heterocycles. The molecule has 3 rings (SSSR count). The van der Waals surface area contributed by atoms with E-state index in [0.29, 0.717) is 12.1 Å². The minimum absolute atomic E-state index is 0.0947. The quantitative estimate of drug-likeness (QED) is 0.357. The van der Waals surface area contributed by atoms with Crippen LogP contribution < -0.4 is 9.62 Å². The third-order valence-corrected chi connectivity index (χ3v) is 8.63. The minimum Gasteiger partial charge on any atom is -0.357 e. The minimum atomic E-state index is -4.08. The molecular weight excluding hydrogens is 510 g/mol. The molecule has 1 unspecified atom stereocenters. The van der Waals surface area contributed by atoms with E-state index in [1.807, 2.05) is 57.2 Å². The van der Waals surface area contributed by atoms with Gasteiger partial charge in [-0.3, -0.25) is 13.9 Å². The molecule has 7 nitrogen and oxygen atoms in total. The van der Waals surface area contributed by atoms with Crippen LogP contribution in [0.2, 0.25) is 0 Å². The maximum absolute atomic E-state index is 14.0. The highest BCUT2D eigenvalue weighted by Gasteiger charge is 2.33. The number of carbonyl (C=O) groups is 2. The first-order valence-electron chi connectivity index (χ1n) is 13.2. The number of benzene rings is 3. The van der Waals surface area contributed by atoms with E-state index in [1.54, 1.807) is 36.4 Å². The van der Waals surface area contributed by atoms with Gasteiger partial charge in [0.25, 0.3) is 10.0 Å². The summed E-state index contributed by atoms with van der Waals surface area (Å²) in [5.74, 6) is -0.493. The maximum atomic E-state index is 14.0. The van der Waals surface area contributed by atoms with Crippen LogP contribution in [0, 0.1) is 13.8 Å². The summed E-state index contributed by atoms with van der Waals surface area (Å²) in [5, 5.41) is 2.64. The zero-order valence-electron chi connectivity index (χ0n) is 23.6. The van der Waals surface area contributed by atoms with Gasteiger partial charge < -0.3 is 10.2 Å². The summed E-state index contributed by atoms with van der Waals surface area (Å²) in [6, 6.07) is 20.8. The molecule has 1 N–H and O–H groups in total. The number of carbonyl (C=O) groups excluding carboxylic acids is 2. The molecule has 8 heteroatoms. The van der Waals surface area contributed by atoms with Crippen LogP contribution in [0.3, 0.4) is 0 Å². The molecule has 0 saturated heterocycles. The molecule has 0 spiro atoms. The summed E-state index contributed by atoms with van der Waals surface area (Å²) in [6.45, 7) is 9.55. The lowest BCUT2D eigenvalue weighted by Crippen LogP contribution is -2.51. The van der Waals surface area contributed by atoms with E-state index in [2.05, 4.69) is 19.2 Å². The Morgan fingerprint density at radius 2 is 1.38 bits per heavy atom. The molecule has 0 aliphatic rings. The largest absolute Gasteiger partial charge is 0.357 e. The Labute approximate surface area is 232 Å². The fraction of sp³-hybridized carbons (Fsp3) is 0.355. The van der Waals surface area contributed by atoms with Gasteiger partial charge in [-0.15, -0.1) is 0 Å². The first-order valence-corrected chi connectivity index (χ1v) is 14.7. The van der Waals surface area contributed by atoms with Crippen molar-refractivity contribution in [2.75, 3.05) is 17.9 Å². The van der Waals surface area contributed by atoms with E-state index >= 15 is 0 Å². The number of likely N-dealkylation sites (N-methyl/N-ethyl adjacent to an activating group) is 1. The molecule has 208 valence electrons. The van der Waals surface area contributed by atoms with Gasteiger partial charge in [-0.2, -0.15) is 0 Å². The lowest BCUT2D eigenvalue weighted by atomic mass is 10.0. The van der Waals surface area contributed by atoms with E-state index < -0.39 is 28.5 Å². The van der Waals surface area contributed by atoms with Crippen LogP contribution in [0.1, 0.15) is 55.4 Å². The number of hydrogen-bond donors (Lipinski definition) is 1. The number of amides is 2. The predicted octanol–water partition coefficient (Wildman–Crippen LogP) is 5.18. The van der Waals surface area contributed by atoms with Gasteiger partial charge in [0, 0.05) is 13.6 Å². The third kappa shape index (κ3) is 7.26. The van der Waals surface area contributed by atoms with Crippen molar-refractivity contribution >= 4 is 27.5 Å². The Kier molecular flexibility index (Phi) is 9.92. The monoisotopic (exact) mass is 549 g/mol. The molecule has 3 aromatic rings. The van der Waals surface area contributed by atoms with Crippen LogP contribution in [-0.4, -0.2) is 44.8 Å². The molecule has 39 heavy (non-hydrogen) atoms. The Balaban J connectivity index is 2.06. The molecular formula is C31H39N3O4S. The van der Waals surface area contributed by atoms with Crippen molar-refractivity contribution < 1.29 is 18.0 Å². The lowest BCUT2D eigenvalue weighted by Gasteiger charge is -2.33. The maximum Gasteiger partial charge on any atom is 0.264 e. The molecule has 3 aromatic carbocycles. The zero-order valence-corrected chi connectivity index (χ0v) is 24.5. The van der Waals surface area contributed by atoms with Crippen LogP contribution in [0.15, 0.2) is 77.7 Å². The van der Waals surface area contributed by atoms with Crippen molar-refractivity contribution in [2.24, 2.45) is 0 Å². The van der Waals surface area contributed by atoms with Gasteiger partial charge in [-0.1, -0.05) is 80.4 Å². The van der Waals surface area contributed by atoms with Gasteiger partial charge in [0.1, 0.15) is 12.6 Å². The Morgan fingerprint density at radius 1 is 0.846 bits per heavy atom. The van der Waals surface area contributed by atoms with Crippen LogP contribution in [0.5, 0.6) is 0 Å². The van der Waals surface area contributed by atoms with E-state index in [4.69, 9.17) is 0 Å². The van der Waals surface area contributed by atoms with Gasteiger partial charge in [-0.05, 0) is 61.6 Å². The van der Waals surface area contributed by atoms with Crippen LogP contribution >= 0.6 is 0 Å². The second-order valence-electron chi connectivity index (χ2n) is 10.1. The molecule has 0 saturated carbocycles. The van der Waals surface area contributed by atoms with Crippen molar-refractivity contribution in [1.29, 1.82) is 0 Å². The number of nitrogens with zero attached hydrogens (tertiary/aromatic N) is 2. The van der Waals surface area contributed by atoms with Crippen LogP contribution in [0.4, 0.5) is 5.69 Å². The number of sulfonamides is 1. The van der Waals surface area contributed by atoms with E-state index in [-0.39, 0.29) is 23.3 Å². The molecule has 0 aromatic heterocycles. The third-order valence-electron chi connectivity index (χ3n) is 6.84. The zero-order chi connectivity index (χ0) is 28.7. The molecule has 1 atom stereocenters. The highest BCUT2D eigenvalue weighted by atomic mass is 32.2. The van der Waals surface area contributed by atoms with Gasteiger partial charge in [0.15, 0.2) is 0 Å². The average Bonchev–Trinajstić information content (AvgIpc) is 2.92. The summed E-state index contributed by atoms with van der Waals surface area (Å²) in [5.41, 5.74) is 4.31. The van der Waals surface area contributed by atoms with Gasteiger partial charge in [-0.25, -0.2) is 8.42 Å². The number of rotatable bonds is 11. The van der Waals surface area contributed by atoms with E-state index in [9.17, 15) is 18.0 Å². The highest BCUT2D eigenvalue weighted by Crippen LogP contribution is 2.27. The molecule has 0 radical (unpaired) electrons. The summed E-state index contributed by atoms with van der Waals surface area (Å²) in [4.78, 5) is 28.3. The van der Waals surface area contributed by atoms with E-state index in [0.717, 1.165) is 26.6 Å². The molecule has 0 bridgehead atoms. The Bertz CT molecular complexity index is 1370. The standard InChI is InChI=1S/C31H39N3O4S/c1-7-29(31(36)32-6)33(20-25-12-8-23(4)9-13-25)30(35)21-34(27-16-14-26(15-17-27)22(2)3)39(37,38)28-18-10-24(5)11-19-28/h8-19,22,29H,7,20-21H2,1-6H3,(H,32,36). The van der Waals surface area contributed by atoms with E-state index in [1.165, 1.54) is 11.9 Å². The number of nitrogens with one attached hydrogen (secondary N) is 1. The Morgan fingerprint density at radius 3 is 1.87 bits per heavy atom. The van der Waals surface area contributed by atoms with Crippen molar-refractivity contribution in [3.8, 4) is 0 Å². The number of hydrogen-bond acceptors (Lipinski definition) is 4. The summed E-state index contributed by atoms with van der Waals surface area (Å²) in [6.07, 6.45) is 0.380. The number of anilines is 1. The average molecular weight is 550 g/mol. The van der Waals surface area contributed by atoms with Crippen LogP contribution in [-0.2, 0) is 26.2 Å². The molecule has 0 aliphatic heterocycles. The van der Waals surface area contributed by atoms with Crippen molar-refractivity contribution in [1.82, 2.24) is 10.2 Å². The second kappa shape index (κ2) is 12.9. The first kappa shape index (κ1) is 29.9. The fourth-order valence-electron chi connectivity index (χ4n) is 4.37. The van der Waals surface area contributed by atoms with Gasteiger partial charge in [0.05, 0.1) is 10.6 Å². The lowest BCUT2D eigenvalue weighted by molar-refractivity contribution is -0.140. The first-order chi connectivity index (χ1) is 18.5. The highest BCUT2D eigenvalue weighted by molar-refractivity contribution is 7.92. The summed E-state index contributed by atoms with van der Waals surface area (Å²) < 4.78 is 29.0. The van der Waals surface area contributed by atoms with Crippen molar-refractivity contribution in [3.05, 3.63) is 95.1 Å². The number of aryl methyl sites for hydroxylation is 2. The van der Waals surface area contributed by atoms with Gasteiger partial charge in [0.2, 0.25) is 11.8 Å². The normalized spacial score (nSPS) is 12.2. The predicted molar refractivity (Wildman–Crippen MR) is 156 cm³/mol. The second-order valence-corrected chi connectivity index (χ2v) is 12.0. The molecule has 2 amide bonds. The molecule has 0 aliphatic carbocycles. The SMILES string of the molecule is CCC(C(=O)NC)N(Cc1ccc(C)cc1)C(=O)CN(c1ccc(C(C)C)cc1)S(=O)(=O)c1ccc(C)cc1. The van der Waals surface area contributed by atoms with Gasteiger partial charge >= 0.3 is 0 Å². The topological polar surface area (TPSA) is 86.8 Å². The van der Waals surface area contributed by atoms with Crippen LogP contribution in [0.25, 0.3) is 0 Å². The summed E-state index contributed by atoms with van der Waals surface area (Å²) >= 11 is 0. The smallest absolute Gasteiger partial charge is 0.264 e.